The van der Waals surface area contributed by atoms with Crippen LogP contribution in [0.2, 0.25) is 0 Å². The van der Waals surface area contributed by atoms with Gasteiger partial charge < -0.3 is 14.6 Å². The molecule has 0 spiro atoms. The molecule has 1 aromatic rings. The van der Waals surface area contributed by atoms with Gasteiger partial charge in [0.15, 0.2) is 11.5 Å². The van der Waals surface area contributed by atoms with Crippen molar-refractivity contribution in [3.05, 3.63) is 18.2 Å². The van der Waals surface area contributed by atoms with E-state index in [0.717, 1.165) is 0 Å². The highest BCUT2D eigenvalue weighted by molar-refractivity contribution is 5.44. The fraction of sp³-hybridized carbons (Fsp3) is 0.250. The molecule has 0 unspecified atom stereocenters. The van der Waals surface area contributed by atoms with E-state index in [1.807, 2.05) is 0 Å². The van der Waals surface area contributed by atoms with Gasteiger partial charge in [0, 0.05) is 6.07 Å². The van der Waals surface area contributed by atoms with Crippen LogP contribution < -0.4 is 9.47 Å². The predicted molar refractivity (Wildman–Crippen MR) is 41.3 cm³/mol. The lowest BCUT2D eigenvalue weighted by molar-refractivity contribution is -0.0512. The van der Waals surface area contributed by atoms with Crippen LogP contribution in [0.4, 0.5) is 8.78 Å². The van der Waals surface area contributed by atoms with Crippen molar-refractivity contribution in [3.8, 4) is 17.2 Å². The van der Waals surface area contributed by atoms with Gasteiger partial charge in [0.05, 0.1) is 7.11 Å². The van der Waals surface area contributed by atoms with Crippen molar-refractivity contribution in [2.24, 2.45) is 0 Å². The maximum absolute atomic E-state index is 11.7. The summed E-state index contributed by atoms with van der Waals surface area (Å²) in [5.41, 5.74) is 0. The molecule has 0 bridgehead atoms. The summed E-state index contributed by atoms with van der Waals surface area (Å²) in [6.45, 7) is -2.95. The maximum atomic E-state index is 11.7. The molecule has 0 saturated heterocycles. The molecule has 0 atom stereocenters. The average Bonchev–Trinajstić information content (AvgIpc) is 2.08. The van der Waals surface area contributed by atoms with Gasteiger partial charge in [0.2, 0.25) is 0 Å². The lowest BCUT2D eigenvalue weighted by Crippen LogP contribution is -2.01. The van der Waals surface area contributed by atoms with E-state index in [-0.39, 0.29) is 11.5 Å². The summed E-state index contributed by atoms with van der Waals surface area (Å²) in [6.07, 6.45) is 0. The zero-order valence-corrected chi connectivity index (χ0v) is 6.83. The highest BCUT2D eigenvalue weighted by atomic mass is 19.3. The minimum Gasteiger partial charge on any atom is -0.504 e. The maximum Gasteiger partial charge on any atom is 0.387 e. The fourth-order valence-electron chi connectivity index (χ4n) is 0.820. The predicted octanol–water partition coefficient (Wildman–Crippen LogP) is 2.00. The summed E-state index contributed by atoms with van der Waals surface area (Å²) in [7, 11) is 1.41. The number of hydrogen-bond acceptors (Lipinski definition) is 3. The van der Waals surface area contributed by atoms with Gasteiger partial charge in [-0.25, -0.2) is 0 Å². The smallest absolute Gasteiger partial charge is 0.387 e. The van der Waals surface area contributed by atoms with Gasteiger partial charge in [-0.2, -0.15) is 8.78 Å². The van der Waals surface area contributed by atoms with E-state index in [2.05, 4.69) is 4.74 Å². The van der Waals surface area contributed by atoms with E-state index in [4.69, 9.17) is 9.84 Å². The van der Waals surface area contributed by atoms with Gasteiger partial charge >= 0.3 is 6.61 Å². The van der Waals surface area contributed by atoms with E-state index >= 15 is 0 Å². The SMILES string of the molecule is COc1ccc(OC(F)F)c(O)c1. The average molecular weight is 190 g/mol. The fourth-order valence-corrected chi connectivity index (χ4v) is 0.820. The minimum atomic E-state index is -2.95. The van der Waals surface area contributed by atoms with Crippen molar-refractivity contribution in [3.63, 3.8) is 0 Å². The molecule has 0 amide bonds. The molecular weight excluding hydrogens is 182 g/mol. The molecule has 13 heavy (non-hydrogen) atoms. The van der Waals surface area contributed by atoms with Gasteiger partial charge in [0.25, 0.3) is 0 Å². The summed E-state index contributed by atoms with van der Waals surface area (Å²) < 4.78 is 32.2. The van der Waals surface area contributed by atoms with Crippen LogP contribution in [-0.2, 0) is 0 Å². The van der Waals surface area contributed by atoms with E-state index in [9.17, 15) is 8.78 Å². The van der Waals surface area contributed by atoms with Crippen LogP contribution in [-0.4, -0.2) is 18.8 Å². The second kappa shape index (κ2) is 3.93. The van der Waals surface area contributed by atoms with Gasteiger partial charge in [-0.05, 0) is 12.1 Å². The van der Waals surface area contributed by atoms with Crippen molar-refractivity contribution in [1.82, 2.24) is 0 Å². The molecule has 0 heterocycles. The van der Waals surface area contributed by atoms with Gasteiger partial charge in [-0.1, -0.05) is 0 Å². The summed E-state index contributed by atoms with van der Waals surface area (Å²) in [5, 5.41) is 9.13. The molecule has 0 aliphatic rings. The number of alkyl halides is 2. The molecule has 0 aromatic heterocycles. The molecule has 5 heteroatoms. The number of ether oxygens (including phenoxy) is 2. The molecule has 1 rings (SSSR count). The van der Waals surface area contributed by atoms with Crippen LogP contribution >= 0.6 is 0 Å². The Hall–Kier alpha value is -1.52. The van der Waals surface area contributed by atoms with Crippen molar-refractivity contribution in [2.45, 2.75) is 6.61 Å². The van der Waals surface area contributed by atoms with Crippen molar-refractivity contribution >= 4 is 0 Å². The molecule has 0 fully saturated rings. The number of halogens is 2. The summed E-state index contributed by atoms with van der Waals surface area (Å²) >= 11 is 0. The highest BCUT2D eigenvalue weighted by Gasteiger charge is 2.09. The van der Waals surface area contributed by atoms with E-state index in [1.54, 1.807) is 0 Å². The Morgan fingerprint density at radius 1 is 1.38 bits per heavy atom. The topological polar surface area (TPSA) is 38.7 Å². The first kappa shape index (κ1) is 9.57. The molecule has 72 valence electrons. The highest BCUT2D eigenvalue weighted by Crippen LogP contribution is 2.30. The van der Waals surface area contributed by atoms with Crippen molar-refractivity contribution in [2.75, 3.05) is 7.11 Å². The minimum absolute atomic E-state index is 0.268. The molecule has 1 N–H and O–H groups in total. The Kier molecular flexibility index (Phi) is 2.89. The van der Waals surface area contributed by atoms with Gasteiger partial charge in [-0.15, -0.1) is 0 Å². The first-order chi connectivity index (χ1) is 6.13. The first-order valence-corrected chi connectivity index (χ1v) is 3.45. The number of hydrogen-bond donors (Lipinski definition) is 1. The largest absolute Gasteiger partial charge is 0.504 e. The lowest BCUT2D eigenvalue weighted by atomic mass is 10.3. The van der Waals surface area contributed by atoms with Crippen LogP contribution in [0.15, 0.2) is 18.2 Å². The number of benzene rings is 1. The Morgan fingerprint density at radius 3 is 2.54 bits per heavy atom. The third kappa shape index (κ3) is 2.47. The first-order valence-electron chi connectivity index (χ1n) is 3.45. The lowest BCUT2D eigenvalue weighted by Gasteiger charge is -2.07. The van der Waals surface area contributed by atoms with Gasteiger partial charge in [0.1, 0.15) is 5.75 Å². The van der Waals surface area contributed by atoms with Crippen molar-refractivity contribution < 1.29 is 23.4 Å². The normalized spacial score (nSPS) is 10.2. The Morgan fingerprint density at radius 2 is 2.08 bits per heavy atom. The quantitative estimate of drug-likeness (QED) is 0.792. The monoisotopic (exact) mass is 190 g/mol. The molecular formula is C8H8F2O3. The Bertz CT molecular complexity index is 289. The van der Waals surface area contributed by atoms with E-state index in [1.165, 1.54) is 25.3 Å². The Labute approximate surface area is 73.5 Å². The number of methoxy groups -OCH3 is 1. The standard InChI is InChI=1S/C8H8F2O3/c1-12-5-2-3-7(6(11)4-5)13-8(9)10/h2-4,8,11H,1H3. The molecule has 0 aliphatic heterocycles. The molecule has 0 saturated carbocycles. The summed E-state index contributed by atoms with van der Waals surface area (Å²) in [4.78, 5) is 0. The Balaban J connectivity index is 2.85. The number of rotatable bonds is 3. The van der Waals surface area contributed by atoms with Crippen LogP contribution in [0.5, 0.6) is 17.2 Å². The molecule has 0 aliphatic carbocycles. The molecule has 3 nitrogen and oxygen atoms in total. The van der Waals surface area contributed by atoms with Crippen LogP contribution in [0.1, 0.15) is 0 Å². The second-order valence-corrected chi connectivity index (χ2v) is 2.21. The summed E-state index contributed by atoms with van der Waals surface area (Å²) in [5.74, 6) is -0.269. The zero-order chi connectivity index (χ0) is 9.84. The number of aromatic hydroxyl groups is 1. The molecule has 1 aromatic carbocycles. The van der Waals surface area contributed by atoms with E-state index < -0.39 is 6.61 Å². The number of phenols is 1. The van der Waals surface area contributed by atoms with Crippen LogP contribution in [0, 0.1) is 0 Å². The number of phenolic OH excluding ortho intramolecular Hbond substituents is 1. The third-order valence-corrected chi connectivity index (χ3v) is 1.38. The molecule has 0 radical (unpaired) electrons. The van der Waals surface area contributed by atoms with Gasteiger partial charge in [-0.3, -0.25) is 0 Å². The van der Waals surface area contributed by atoms with E-state index in [0.29, 0.717) is 5.75 Å². The second-order valence-electron chi connectivity index (χ2n) is 2.21. The van der Waals surface area contributed by atoms with Crippen LogP contribution in [0.25, 0.3) is 0 Å². The third-order valence-electron chi connectivity index (χ3n) is 1.38. The summed E-state index contributed by atoms with van der Waals surface area (Å²) in [6, 6.07) is 3.81. The zero-order valence-electron chi connectivity index (χ0n) is 6.83. The van der Waals surface area contributed by atoms with Crippen molar-refractivity contribution in [1.29, 1.82) is 0 Å². The van der Waals surface area contributed by atoms with Crippen LogP contribution in [0.3, 0.4) is 0 Å².